The predicted molar refractivity (Wildman–Crippen MR) is 91.8 cm³/mol. The number of hydrogen-bond donors (Lipinski definition) is 0. The molecule has 0 spiro atoms. The van der Waals surface area contributed by atoms with Crippen LogP contribution in [0.25, 0.3) is 10.2 Å². The number of alkyl halides is 1. The smallest absolute Gasteiger partial charge is 0.0949 e. The molecule has 0 saturated heterocycles. The molecule has 1 aromatic carbocycles. The molecule has 3 heteroatoms. The van der Waals surface area contributed by atoms with Crippen LogP contribution in [-0.2, 0) is 6.42 Å². The van der Waals surface area contributed by atoms with Crippen LogP contribution in [0.3, 0.4) is 0 Å². The molecule has 1 unspecified atom stereocenters. The second-order valence-corrected chi connectivity index (χ2v) is 8.37. The maximum Gasteiger partial charge on any atom is 0.0949 e. The largest absolute Gasteiger partial charge is 0.241 e. The molecule has 0 bridgehead atoms. The van der Waals surface area contributed by atoms with E-state index in [0.29, 0.717) is 4.83 Å². The molecule has 20 heavy (non-hydrogen) atoms. The molecule has 1 fully saturated rings. The van der Waals surface area contributed by atoms with E-state index >= 15 is 0 Å². The first kappa shape index (κ1) is 14.5. The molecule has 1 heterocycles. The number of rotatable bonds is 5. The zero-order valence-corrected chi connectivity index (χ0v) is 14.3. The molecule has 0 amide bonds. The molecule has 3 rings (SSSR count). The van der Waals surface area contributed by atoms with Crippen molar-refractivity contribution < 1.29 is 0 Å². The van der Waals surface area contributed by atoms with Gasteiger partial charge in [-0.25, -0.2) is 4.98 Å². The van der Waals surface area contributed by atoms with E-state index in [1.165, 1.54) is 54.7 Å². The SMILES string of the molecule is BrC(CCC1CCCCC1)Cc1nc2ccccc2s1. The monoisotopic (exact) mass is 351 g/mol. The molecule has 1 saturated carbocycles. The van der Waals surface area contributed by atoms with Crippen LogP contribution in [0.2, 0.25) is 0 Å². The quantitative estimate of drug-likeness (QED) is 0.605. The molecule has 0 aliphatic heterocycles. The van der Waals surface area contributed by atoms with Crippen LogP contribution in [0.15, 0.2) is 24.3 Å². The number of hydrogen-bond acceptors (Lipinski definition) is 2. The predicted octanol–water partition coefficient (Wildman–Crippen LogP) is 5.96. The third-order valence-electron chi connectivity index (χ3n) is 4.35. The zero-order valence-electron chi connectivity index (χ0n) is 11.9. The summed E-state index contributed by atoms with van der Waals surface area (Å²) in [4.78, 5) is 5.32. The first-order chi connectivity index (χ1) is 9.81. The van der Waals surface area contributed by atoms with Crippen molar-refractivity contribution in [1.82, 2.24) is 4.98 Å². The fourth-order valence-electron chi connectivity index (χ4n) is 3.19. The Labute approximate surface area is 133 Å². The Bertz CT molecular complexity index is 512. The number of halogens is 1. The molecule has 1 aliphatic rings. The minimum Gasteiger partial charge on any atom is -0.241 e. The third-order valence-corrected chi connectivity index (χ3v) is 6.19. The molecule has 1 aliphatic carbocycles. The number of fused-ring (bicyclic) bond motifs is 1. The van der Waals surface area contributed by atoms with Crippen LogP contribution < -0.4 is 0 Å². The Morgan fingerprint density at radius 3 is 2.80 bits per heavy atom. The molecular weight excluding hydrogens is 330 g/mol. The van der Waals surface area contributed by atoms with Gasteiger partial charge in [-0.15, -0.1) is 11.3 Å². The first-order valence-corrected chi connectivity index (χ1v) is 9.53. The second-order valence-electron chi connectivity index (χ2n) is 5.96. The number of thiazole rings is 1. The van der Waals surface area contributed by atoms with E-state index in [1.54, 1.807) is 0 Å². The highest BCUT2D eigenvalue weighted by atomic mass is 79.9. The van der Waals surface area contributed by atoms with Gasteiger partial charge in [-0.2, -0.15) is 0 Å². The molecule has 0 radical (unpaired) electrons. The standard InChI is InChI=1S/C17H22BrNS/c18-14(11-10-13-6-2-1-3-7-13)12-17-19-15-8-4-5-9-16(15)20-17/h4-5,8-9,13-14H,1-3,6-7,10-12H2. The molecule has 1 atom stereocenters. The Morgan fingerprint density at radius 2 is 2.00 bits per heavy atom. The van der Waals surface area contributed by atoms with Gasteiger partial charge in [0.2, 0.25) is 0 Å². The number of nitrogens with zero attached hydrogens (tertiary/aromatic N) is 1. The van der Waals surface area contributed by atoms with Crippen LogP contribution >= 0.6 is 27.3 Å². The summed E-state index contributed by atoms with van der Waals surface area (Å²) in [5.74, 6) is 0.985. The summed E-state index contributed by atoms with van der Waals surface area (Å²) in [7, 11) is 0. The van der Waals surface area contributed by atoms with E-state index in [2.05, 4.69) is 40.2 Å². The lowest BCUT2D eigenvalue weighted by molar-refractivity contribution is 0.331. The van der Waals surface area contributed by atoms with Crippen molar-refractivity contribution in [1.29, 1.82) is 0 Å². The summed E-state index contributed by atoms with van der Waals surface area (Å²) in [6, 6.07) is 8.45. The Kier molecular flexibility index (Phi) is 5.11. The van der Waals surface area contributed by atoms with Crippen molar-refractivity contribution in [3.8, 4) is 0 Å². The van der Waals surface area contributed by atoms with Gasteiger partial charge in [0.15, 0.2) is 0 Å². The maximum atomic E-state index is 4.74. The summed E-state index contributed by atoms with van der Waals surface area (Å²) in [5, 5.41) is 1.27. The first-order valence-electron chi connectivity index (χ1n) is 7.80. The lowest BCUT2D eigenvalue weighted by Gasteiger charge is -2.22. The van der Waals surface area contributed by atoms with Crippen LogP contribution in [0.1, 0.15) is 50.0 Å². The van der Waals surface area contributed by atoms with Crippen molar-refractivity contribution in [2.24, 2.45) is 5.92 Å². The lowest BCUT2D eigenvalue weighted by atomic mass is 9.85. The van der Waals surface area contributed by atoms with E-state index in [9.17, 15) is 0 Å². The van der Waals surface area contributed by atoms with Gasteiger partial charge in [-0.3, -0.25) is 0 Å². The van der Waals surface area contributed by atoms with Crippen LogP contribution in [0.4, 0.5) is 0 Å². The van der Waals surface area contributed by atoms with Gasteiger partial charge in [0.05, 0.1) is 15.2 Å². The average Bonchev–Trinajstić information content (AvgIpc) is 2.88. The van der Waals surface area contributed by atoms with Crippen LogP contribution in [-0.4, -0.2) is 9.81 Å². The fraction of sp³-hybridized carbons (Fsp3) is 0.588. The topological polar surface area (TPSA) is 12.9 Å². The molecule has 1 aromatic heterocycles. The Balaban J connectivity index is 1.51. The van der Waals surface area contributed by atoms with E-state index in [-0.39, 0.29) is 0 Å². The number of aromatic nitrogens is 1. The number of benzene rings is 1. The van der Waals surface area contributed by atoms with Gasteiger partial charge in [-0.05, 0) is 30.9 Å². The summed E-state index contributed by atoms with van der Waals surface area (Å²) >= 11 is 5.71. The highest BCUT2D eigenvalue weighted by Gasteiger charge is 2.16. The zero-order chi connectivity index (χ0) is 13.8. The number of para-hydroxylation sites is 1. The van der Waals surface area contributed by atoms with Crippen LogP contribution in [0, 0.1) is 5.92 Å². The fourth-order valence-corrected chi connectivity index (χ4v) is 5.02. The summed E-state index contributed by atoms with van der Waals surface area (Å²) in [5.41, 5.74) is 1.15. The average molecular weight is 352 g/mol. The summed E-state index contributed by atoms with van der Waals surface area (Å²) < 4.78 is 1.31. The van der Waals surface area contributed by atoms with Crippen LogP contribution in [0.5, 0.6) is 0 Å². The van der Waals surface area contributed by atoms with Gasteiger partial charge >= 0.3 is 0 Å². The normalized spacial score (nSPS) is 18.4. The van der Waals surface area contributed by atoms with Crippen molar-refractivity contribution in [2.75, 3.05) is 0 Å². The van der Waals surface area contributed by atoms with Gasteiger partial charge in [0.1, 0.15) is 0 Å². The minimum atomic E-state index is 0.588. The van der Waals surface area contributed by atoms with Crippen molar-refractivity contribution in [2.45, 2.75) is 56.2 Å². The van der Waals surface area contributed by atoms with Gasteiger partial charge < -0.3 is 0 Å². The van der Waals surface area contributed by atoms with E-state index in [4.69, 9.17) is 4.98 Å². The minimum absolute atomic E-state index is 0.588. The third kappa shape index (κ3) is 3.82. The van der Waals surface area contributed by atoms with Gasteiger partial charge in [0, 0.05) is 11.2 Å². The molecule has 108 valence electrons. The maximum absolute atomic E-state index is 4.74. The Morgan fingerprint density at radius 1 is 1.20 bits per heavy atom. The van der Waals surface area contributed by atoms with E-state index < -0.39 is 0 Å². The van der Waals surface area contributed by atoms with Crippen molar-refractivity contribution in [3.05, 3.63) is 29.3 Å². The van der Waals surface area contributed by atoms with Gasteiger partial charge in [-0.1, -0.05) is 60.2 Å². The van der Waals surface area contributed by atoms with E-state index in [0.717, 1.165) is 17.9 Å². The second kappa shape index (κ2) is 7.04. The molecular formula is C17H22BrNS. The van der Waals surface area contributed by atoms with Crippen molar-refractivity contribution >= 4 is 37.5 Å². The highest BCUT2D eigenvalue weighted by Crippen LogP contribution is 2.30. The Hall–Kier alpha value is -0.410. The summed E-state index contributed by atoms with van der Waals surface area (Å²) in [6.45, 7) is 0. The van der Waals surface area contributed by atoms with Gasteiger partial charge in [0.25, 0.3) is 0 Å². The highest BCUT2D eigenvalue weighted by molar-refractivity contribution is 9.09. The lowest BCUT2D eigenvalue weighted by Crippen LogP contribution is -2.10. The molecule has 1 nitrogen and oxygen atoms in total. The van der Waals surface area contributed by atoms with E-state index in [1.807, 2.05) is 11.3 Å². The summed E-state index contributed by atoms with van der Waals surface area (Å²) in [6.07, 6.45) is 11.0. The van der Waals surface area contributed by atoms with Crippen molar-refractivity contribution in [3.63, 3.8) is 0 Å². The molecule has 0 N–H and O–H groups in total. The molecule has 2 aromatic rings.